The van der Waals surface area contributed by atoms with E-state index < -0.39 is 0 Å². The van der Waals surface area contributed by atoms with E-state index in [4.69, 9.17) is 9.40 Å². The molecular formula is C21H19N3O2S2. The van der Waals surface area contributed by atoms with Crippen molar-refractivity contribution in [3.8, 4) is 11.3 Å². The second-order valence-corrected chi connectivity index (χ2v) is 9.48. The smallest absolute Gasteiger partial charge is 0.260 e. The fraction of sp³-hybridized carbons (Fsp3) is 0.333. The van der Waals surface area contributed by atoms with Crippen LogP contribution in [0.15, 0.2) is 44.4 Å². The highest BCUT2D eigenvalue weighted by Gasteiger charge is 2.40. The highest BCUT2D eigenvalue weighted by Crippen LogP contribution is 2.48. The number of nitrogens with zero attached hydrogens (tertiary/aromatic N) is 2. The van der Waals surface area contributed by atoms with E-state index in [-0.39, 0.29) is 5.56 Å². The van der Waals surface area contributed by atoms with Crippen molar-refractivity contribution in [3.63, 3.8) is 0 Å². The van der Waals surface area contributed by atoms with Crippen molar-refractivity contribution < 1.29 is 4.42 Å². The van der Waals surface area contributed by atoms with Crippen LogP contribution in [0.2, 0.25) is 0 Å². The third-order valence-electron chi connectivity index (χ3n) is 5.82. The summed E-state index contributed by atoms with van der Waals surface area (Å²) in [6, 6.07) is 6.48. The van der Waals surface area contributed by atoms with E-state index in [2.05, 4.69) is 21.3 Å². The Morgan fingerprint density at radius 3 is 3.04 bits per heavy atom. The SMILES string of the molecule is O=c1[nH]c(CN2CCc3sccc3C2C2CC2)nc2scc(-c3ccco3)c12. The Morgan fingerprint density at radius 2 is 2.21 bits per heavy atom. The topological polar surface area (TPSA) is 62.1 Å². The van der Waals surface area contributed by atoms with Crippen LogP contribution >= 0.6 is 22.7 Å². The molecule has 0 saturated heterocycles. The summed E-state index contributed by atoms with van der Waals surface area (Å²) >= 11 is 3.39. The van der Waals surface area contributed by atoms with Crippen molar-refractivity contribution in [1.29, 1.82) is 0 Å². The van der Waals surface area contributed by atoms with Crippen LogP contribution in [0.25, 0.3) is 21.5 Å². The van der Waals surface area contributed by atoms with Gasteiger partial charge in [-0.15, -0.1) is 22.7 Å². The van der Waals surface area contributed by atoms with Crippen LogP contribution in [-0.2, 0) is 13.0 Å². The number of furan rings is 1. The largest absolute Gasteiger partial charge is 0.464 e. The second kappa shape index (κ2) is 6.40. The first-order chi connectivity index (χ1) is 13.8. The first kappa shape index (κ1) is 16.7. The summed E-state index contributed by atoms with van der Waals surface area (Å²) in [6.07, 6.45) is 5.32. The molecule has 0 radical (unpaired) electrons. The lowest BCUT2D eigenvalue weighted by Gasteiger charge is -2.35. The summed E-state index contributed by atoms with van der Waals surface area (Å²) in [6.45, 7) is 1.72. The quantitative estimate of drug-likeness (QED) is 0.525. The molecule has 0 aromatic carbocycles. The number of nitrogens with one attached hydrogen (secondary N) is 1. The van der Waals surface area contributed by atoms with Gasteiger partial charge in [0.1, 0.15) is 16.4 Å². The van der Waals surface area contributed by atoms with Gasteiger partial charge in [-0.1, -0.05) is 0 Å². The van der Waals surface area contributed by atoms with Gasteiger partial charge in [0.15, 0.2) is 0 Å². The second-order valence-electron chi connectivity index (χ2n) is 7.62. The lowest BCUT2D eigenvalue weighted by atomic mass is 9.96. The van der Waals surface area contributed by atoms with Crippen molar-refractivity contribution in [2.75, 3.05) is 6.54 Å². The molecule has 5 nitrogen and oxygen atoms in total. The van der Waals surface area contributed by atoms with Crippen LogP contribution in [0.3, 0.4) is 0 Å². The minimum atomic E-state index is -0.0798. The normalized spacial score (nSPS) is 19.9. The van der Waals surface area contributed by atoms with Crippen LogP contribution in [0.4, 0.5) is 0 Å². The van der Waals surface area contributed by atoms with Gasteiger partial charge in [0.2, 0.25) is 0 Å². The van der Waals surface area contributed by atoms with E-state index in [9.17, 15) is 4.79 Å². The summed E-state index contributed by atoms with van der Waals surface area (Å²) in [4.78, 5) is 25.5. The number of fused-ring (bicyclic) bond motifs is 2. The first-order valence-corrected chi connectivity index (χ1v) is 11.4. The van der Waals surface area contributed by atoms with Crippen LogP contribution in [-0.4, -0.2) is 21.4 Å². The molecule has 0 amide bonds. The molecule has 1 unspecified atom stereocenters. The van der Waals surface area contributed by atoms with Crippen molar-refractivity contribution in [2.45, 2.75) is 31.8 Å². The molecule has 5 heterocycles. The fourth-order valence-corrected chi connectivity index (χ4v) is 6.27. The Kier molecular flexibility index (Phi) is 3.82. The van der Waals surface area contributed by atoms with E-state index >= 15 is 0 Å². The van der Waals surface area contributed by atoms with Gasteiger partial charge in [-0.25, -0.2) is 4.98 Å². The maximum absolute atomic E-state index is 12.9. The third-order valence-corrected chi connectivity index (χ3v) is 7.69. The molecule has 4 aromatic heterocycles. The number of hydrogen-bond acceptors (Lipinski definition) is 6. The Hall–Kier alpha value is -2.22. The molecular weight excluding hydrogens is 390 g/mol. The van der Waals surface area contributed by atoms with Gasteiger partial charge in [-0.05, 0) is 54.3 Å². The maximum Gasteiger partial charge on any atom is 0.260 e. The standard InChI is InChI=1S/C21H19N3O2S2/c25-20-18-14(15-2-1-8-26-15)11-28-21(18)23-17(22-20)10-24-7-5-16-13(6-9-27-16)19(24)12-3-4-12/h1-2,6,8-9,11-12,19H,3-5,7,10H2,(H,22,23,25). The van der Waals surface area contributed by atoms with Gasteiger partial charge in [-0.3, -0.25) is 9.69 Å². The zero-order valence-corrected chi connectivity index (χ0v) is 16.8. The minimum absolute atomic E-state index is 0.0798. The summed E-state index contributed by atoms with van der Waals surface area (Å²) in [5.74, 6) is 2.21. The Labute approximate surface area is 169 Å². The maximum atomic E-state index is 12.9. The minimum Gasteiger partial charge on any atom is -0.464 e. The molecule has 4 aromatic rings. The predicted molar refractivity (Wildman–Crippen MR) is 112 cm³/mol. The molecule has 142 valence electrons. The van der Waals surface area contributed by atoms with Crippen molar-refractivity contribution in [3.05, 3.63) is 61.8 Å². The molecule has 1 fully saturated rings. The monoisotopic (exact) mass is 409 g/mol. The number of thiophene rings is 2. The van der Waals surface area contributed by atoms with Gasteiger partial charge in [0.25, 0.3) is 5.56 Å². The lowest BCUT2D eigenvalue weighted by molar-refractivity contribution is 0.154. The summed E-state index contributed by atoms with van der Waals surface area (Å²) in [5, 5.41) is 4.81. The van der Waals surface area contributed by atoms with E-state index in [0.29, 0.717) is 23.7 Å². The molecule has 1 saturated carbocycles. The van der Waals surface area contributed by atoms with Crippen LogP contribution < -0.4 is 5.56 Å². The average molecular weight is 410 g/mol. The fourth-order valence-electron chi connectivity index (χ4n) is 4.41. The van der Waals surface area contributed by atoms with Gasteiger partial charge >= 0.3 is 0 Å². The molecule has 2 aliphatic rings. The van der Waals surface area contributed by atoms with Crippen LogP contribution in [0.5, 0.6) is 0 Å². The molecule has 1 aliphatic carbocycles. The number of aromatic nitrogens is 2. The lowest BCUT2D eigenvalue weighted by Crippen LogP contribution is -2.36. The van der Waals surface area contributed by atoms with Gasteiger partial charge in [0.05, 0.1) is 18.2 Å². The van der Waals surface area contributed by atoms with E-state index in [1.807, 2.05) is 28.8 Å². The number of aromatic amines is 1. The zero-order chi connectivity index (χ0) is 18.7. The highest BCUT2D eigenvalue weighted by molar-refractivity contribution is 7.17. The summed E-state index contributed by atoms with van der Waals surface area (Å²) in [7, 11) is 0. The Bertz CT molecular complexity index is 1200. The Morgan fingerprint density at radius 1 is 1.29 bits per heavy atom. The number of hydrogen-bond donors (Lipinski definition) is 1. The number of rotatable bonds is 4. The third kappa shape index (κ3) is 2.69. The zero-order valence-electron chi connectivity index (χ0n) is 15.2. The number of H-pyrrole nitrogens is 1. The van der Waals surface area contributed by atoms with E-state index in [0.717, 1.165) is 35.1 Å². The van der Waals surface area contributed by atoms with Gasteiger partial charge < -0.3 is 9.40 Å². The Balaban J connectivity index is 1.36. The van der Waals surface area contributed by atoms with Gasteiger partial charge in [-0.2, -0.15) is 0 Å². The molecule has 7 heteroatoms. The van der Waals surface area contributed by atoms with Crippen LogP contribution in [0.1, 0.15) is 35.1 Å². The van der Waals surface area contributed by atoms with Crippen molar-refractivity contribution in [1.82, 2.24) is 14.9 Å². The predicted octanol–water partition coefficient (Wildman–Crippen LogP) is 4.82. The average Bonchev–Trinajstić information content (AvgIpc) is 3.10. The molecule has 1 aliphatic heterocycles. The van der Waals surface area contributed by atoms with Crippen molar-refractivity contribution in [2.24, 2.45) is 5.92 Å². The molecule has 6 rings (SSSR count). The molecule has 1 atom stereocenters. The summed E-state index contributed by atoms with van der Waals surface area (Å²) < 4.78 is 5.48. The van der Waals surface area contributed by atoms with E-state index in [1.54, 1.807) is 6.26 Å². The molecule has 1 N–H and O–H groups in total. The molecule has 0 spiro atoms. The van der Waals surface area contributed by atoms with Crippen LogP contribution in [0, 0.1) is 5.92 Å². The van der Waals surface area contributed by atoms with Crippen molar-refractivity contribution >= 4 is 32.9 Å². The highest BCUT2D eigenvalue weighted by atomic mass is 32.1. The van der Waals surface area contributed by atoms with Gasteiger partial charge in [0, 0.05) is 28.4 Å². The molecule has 28 heavy (non-hydrogen) atoms. The van der Waals surface area contributed by atoms with E-state index in [1.165, 1.54) is 34.6 Å². The summed E-state index contributed by atoms with van der Waals surface area (Å²) in [5.41, 5.74) is 2.24. The first-order valence-electron chi connectivity index (χ1n) is 9.62. The molecule has 0 bridgehead atoms.